The maximum absolute atomic E-state index is 15.5. The molecule has 0 saturated heterocycles. The van der Waals surface area contributed by atoms with E-state index in [1.807, 2.05) is 138 Å². The van der Waals surface area contributed by atoms with Crippen LogP contribution in [0.3, 0.4) is 0 Å². The first-order valence-electron chi connectivity index (χ1n) is 33.7. The van der Waals surface area contributed by atoms with E-state index in [-0.39, 0.29) is 28.9 Å². The number of halogens is 3. The van der Waals surface area contributed by atoms with Gasteiger partial charge in [-0.25, -0.2) is 29.9 Å². The van der Waals surface area contributed by atoms with Crippen molar-refractivity contribution >= 4 is 79.0 Å². The molecule has 17 rings (SSSR count). The molecule has 0 atom stereocenters. The molecule has 0 radical (unpaired) electrons. The molecule has 0 unspecified atom stereocenters. The van der Waals surface area contributed by atoms with E-state index >= 15 is 13.2 Å². The van der Waals surface area contributed by atoms with Crippen molar-refractivity contribution in [2.75, 3.05) is 9.80 Å². The van der Waals surface area contributed by atoms with Gasteiger partial charge in [-0.3, -0.25) is 0 Å². The fraction of sp³-hybridized carbons (Fsp3) is 0.103. The lowest BCUT2D eigenvalue weighted by atomic mass is 9.33. The lowest BCUT2D eigenvalue weighted by Gasteiger charge is -2.45. The minimum Gasteiger partial charge on any atom is -0.311 e. The van der Waals surface area contributed by atoms with Crippen LogP contribution in [0.2, 0.25) is 0 Å². The van der Waals surface area contributed by atoms with E-state index < -0.39 is 11.7 Å². The molecule has 0 bridgehead atoms. The Morgan fingerprint density at radius 1 is 0.290 bits per heavy atom. The summed E-state index contributed by atoms with van der Waals surface area (Å²) in [6, 6.07) is 95.2. The molecule has 0 amide bonds. The maximum Gasteiger partial charge on any atom is 0.416 e. The van der Waals surface area contributed by atoms with Crippen LogP contribution in [-0.4, -0.2) is 41.2 Å². The zero-order valence-electron chi connectivity index (χ0n) is 55.9. The number of rotatable bonds is 10. The van der Waals surface area contributed by atoms with Crippen molar-refractivity contribution < 1.29 is 13.2 Å². The molecule has 100 heavy (non-hydrogen) atoms. The van der Waals surface area contributed by atoms with Crippen LogP contribution in [-0.2, 0) is 17.0 Å². The summed E-state index contributed by atoms with van der Waals surface area (Å²) >= 11 is 0. The second-order valence-corrected chi connectivity index (χ2v) is 27.9. The topological polar surface area (TPSA) is 88.8 Å². The van der Waals surface area contributed by atoms with Crippen molar-refractivity contribution in [3.63, 3.8) is 0 Å². The Morgan fingerprint density at radius 3 is 1.11 bits per heavy atom. The van der Waals surface area contributed by atoms with Gasteiger partial charge in [0, 0.05) is 78.3 Å². The Labute approximate surface area is 578 Å². The van der Waals surface area contributed by atoms with E-state index in [0.29, 0.717) is 57.0 Å². The Hall–Kier alpha value is -12.1. The molecule has 12 aromatic carbocycles. The van der Waals surface area contributed by atoms with Crippen LogP contribution in [0, 0.1) is 0 Å². The van der Waals surface area contributed by atoms with E-state index in [1.165, 1.54) is 33.6 Å². The zero-order chi connectivity index (χ0) is 68.2. The predicted molar refractivity (Wildman–Crippen MR) is 402 cm³/mol. The summed E-state index contributed by atoms with van der Waals surface area (Å²) in [7, 11) is 0. The van der Waals surface area contributed by atoms with Gasteiger partial charge in [0.15, 0.2) is 34.9 Å². The first-order chi connectivity index (χ1) is 48.5. The van der Waals surface area contributed by atoms with Crippen LogP contribution in [0.25, 0.3) is 107 Å². The average molecular weight is 1300 g/mol. The van der Waals surface area contributed by atoms with Gasteiger partial charge in [-0.15, -0.1) is 0 Å². The Kier molecular flexibility index (Phi) is 14.7. The second kappa shape index (κ2) is 23.9. The number of hydrogen-bond acceptors (Lipinski definition) is 8. The van der Waals surface area contributed by atoms with E-state index in [2.05, 4.69) is 185 Å². The molecular formula is C87H65BF3N9. The van der Waals surface area contributed by atoms with Crippen LogP contribution < -0.4 is 26.2 Å². The predicted octanol–water partition coefficient (Wildman–Crippen LogP) is 20.5. The Morgan fingerprint density at radius 2 is 0.680 bits per heavy atom. The SMILES string of the molecule is CC(C)(C)c1ccc2c(c1)B1c3cc(C(C)(C)C)ccc3N(c3ccccc3)c3cc(-c4ccc5c(c4)c4ccc(-c6nc(-c7ccccc7)nc(-c7ccccc7)n6)cc4n5-c4ccc(C(F)(F)F)cc4-c4nc(-c5ccccc5)nc(-c5ccccc5)n4)cc(c31)N2c1ccccc1. The largest absolute Gasteiger partial charge is 0.416 e. The maximum atomic E-state index is 15.5. The van der Waals surface area contributed by atoms with E-state index in [0.717, 1.165) is 78.7 Å². The third-order valence-corrected chi connectivity index (χ3v) is 19.4. The van der Waals surface area contributed by atoms with Gasteiger partial charge >= 0.3 is 6.18 Å². The highest BCUT2D eigenvalue weighted by Crippen LogP contribution is 2.49. The molecule has 482 valence electrons. The number of nitrogens with zero attached hydrogens (tertiary/aromatic N) is 9. The van der Waals surface area contributed by atoms with Crippen molar-refractivity contribution in [3.8, 4) is 85.1 Å². The van der Waals surface area contributed by atoms with E-state index in [1.54, 1.807) is 6.07 Å². The molecule has 2 aliphatic heterocycles. The smallest absolute Gasteiger partial charge is 0.311 e. The van der Waals surface area contributed by atoms with Crippen LogP contribution in [0.4, 0.5) is 47.3 Å². The van der Waals surface area contributed by atoms with Gasteiger partial charge in [-0.05, 0) is 134 Å². The second-order valence-electron chi connectivity index (χ2n) is 27.9. The molecule has 0 saturated carbocycles. The average Bonchev–Trinajstić information content (AvgIpc) is 0.751. The van der Waals surface area contributed by atoms with Gasteiger partial charge in [-0.2, -0.15) is 13.2 Å². The fourth-order valence-electron chi connectivity index (χ4n) is 14.4. The van der Waals surface area contributed by atoms with Crippen molar-refractivity contribution in [1.82, 2.24) is 34.5 Å². The summed E-state index contributed by atoms with van der Waals surface area (Å²) in [5.41, 5.74) is 19.0. The van der Waals surface area contributed by atoms with Crippen LogP contribution in [0.1, 0.15) is 58.2 Å². The molecule has 2 aliphatic rings. The Balaban J connectivity index is 0.946. The van der Waals surface area contributed by atoms with Crippen molar-refractivity contribution in [3.05, 3.63) is 302 Å². The molecule has 13 heteroatoms. The number of aromatic nitrogens is 7. The third kappa shape index (κ3) is 10.9. The number of fused-ring (bicyclic) bond motifs is 7. The van der Waals surface area contributed by atoms with Gasteiger partial charge in [0.2, 0.25) is 0 Å². The van der Waals surface area contributed by atoms with Crippen molar-refractivity contribution in [2.24, 2.45) is 0 Å². The zero-order valence-corrected chi connectivity index (χ0v) is 55.9. The first-order valence-corrected chi connectivity index (χ1v) is 33.7. The molecular weight excluding hydrogens is 1240 g/mol. The van der Waals surface area contributed by atoms with Gasteiger partial charge in [0.25, 0.3) is 6.71 Å². The molecule has 0 spiro atoms. The molecule has 0 fully saturated rings. The number of para-hydroxylation sites is 2. The standard InChI is InChI=1S/C87H65BF3N9/c1-85(2,3)61-39-45-73-69(52-61)88-70-53-62(86(4,5)6)40-46-74(70)99(65-35-23-12-24-36-65)77-50-60(49-76(78(77)88)98(73)64-33-21-11-22-34-64)58-38-43-71-67(47-58)66-42-37-59(83-94-79(54-25-13-7-14-26-54)92-80(95-83)55-27-15-8-16-28-55)48-75(66)100(71)72-44-41-63(87(89,90)91)51-68(72)84-96-81(56-29-17-9-18-30-56)93-82(97-84)57-31-19-10-20-32-57/h7-53H,1-6H3. The number of anilines is 6. The summed E-state index contributed by atoms with van der Waals surface area (Å²) in [4.78, 5) is 35.4. The van der Waals surface area contributed by atoms with Crippen LogP contribution >= 0.6 is 0 Å². The molecule has 0 N–H and O–H groups in total. The normalized spacial score (nSPS) is 12.8. The summed E-state index contributed by atoms with van der Waals surface area (Å²) in [6.45, 7) is 13.6. The minimum atomic E-state index is -4.73. The van der Waals surface area contributed by atoms with E-state index in [4.69, 9.17) is 29.9 Å². The van der Waals surface area contributed by atoms with Crippen molar-refractivity contribution in [2.45, 2.75) is 58.5 Å². The highest BCUT2D eigenvalue weighted by Gasteiger charge is 2.45. The van der Waals surface area contributed by atoms with Crippen LogP contribution in [0.5, 0.6) is 0 Å². The van der Waals surface area contributed by atoms with Gasteiger partial charge < -0.3 is 14.4 Å². The monoisotopic (exact) mass is 1300 g/mol. The molecule has 9 nitrogen and oxygen atoms in total. The Bertz CT molecular complexity index is 5440. The lowest BCUT2D eigenvalue weighted by molar-refractivity contribution is -0.137. The van der Waals surface area contributed by atoms with Crippen LogP contribution in [0.15, 0.2) is 285 Å². The highest BCUT2D eigenvalue weighted by atomic mass is 19.4. The summed E-state index contributed by atoms with van der Waals surface area (Å²) in [5, 5.41) is 1.69. The van der Waals surface area contributed by atoms with Gasteiger partial charge in [-0.1, -0.05) is 242 Å². The first kappa shape index (κ1) is 61.5. The fourth-order valence-corrected chi connectivity index (χ4v) is 14.4. The highest BCUT2D eigenvalue weighted by molar-refractivity contribution is 7.00. The number of hydrogen-bond donors (Lipinski definition) is 0. The summed E-state index contributed by atoms with van der Waals surface area (Å²) < 4.78 is 48.6. The third-order valence-electron chi connectivity index (χ3n) is 19.4. The van der Waals surface area contributed by atoms with Gasteiger partial charge in [0.05, 0.1) is 22.3 Å². The minimum absolute atomic E-state index is 0.0636. The quantitative estimate of drug-likeness (QED) is 0.125. The molecule has 15 aromatic rings. The molecule has 0 aliphatic carbocycles. The molecule has 5 heterocycles. The summed E-state index contributed by atoms with van der Waals surface area (Å²) in [6.07, 6.45) is -4.73. The molecule has 3 aromatic heterocycles. The number of benzene rings is 12. The lowest BCUT2D eigenvalue weighted by Crippen LogP contribution is -2.61. The number of alkyl halides is 3. The summed E-state index contributed by atoms with van der Waals surface area (Å²) in [5.74, 6) is 2.07. The van der Waals surface area contributed by atoms with E-state index in [9.17, 15) is 0 Å². The van der Waals surface area contributed by atoms with Gasteiger partial charge in [0.1, 0.15) is 0 Å². The van der Waals surface area contributed by atoms with Crippen molar-refractivity contribution in [1.29, 1.82) is 0 Å².